The number of nitrogens with one attached hydrogen (secondary N) is 2. The molecule has 9 heteroatoms. The fourth-order valence-electron chi connectivity index (χ4n) is 3.58. The Morgan fingerprint density at radius 3 is 2.96 bits per heavy atom. The minimum atomic E-state index is -0.448. The van der Waals surface area contributed by atoms with Crippen LogP contribution in [0.5, 0.6) is 0 Å². The molecule has 0 saturated heterocycles. The molecule has 5 rings (SSSR count). The Hall–Kier alpha value is -3.04. The molecule has 0 bridgehead atoms. The van der Waals surface area contributed by atoms with Crippen molar-refractivity contribution < 1.29 is 9.90 Å². The van der Waals surface area contributed by atoms with Crippen LogP contribution in [0.2, 0.25) is 0 Å². The number of rotatable bonds is 4. The second kappa shape index (κ2) is 6.84. The first-order chi connectivity index (χ1) is 13.7. The van der Waals surface area contributed by atoms with Crippen LogP contribution in [0, 0.1) is 0 Å². The van der Waals surface area contributed by atoms with Crippen molar-refractivity contribution >= 4 is 22.9 Å². The first kappa shape index (κ1) is 17.1. The minimum Gasteiger partial charge on any atom is -0.391 e. The monoisotopic (exact) mass is 394 g/mol. The van der Waals surface area contributed by atoms with E-state index in [1.165, 1.54) is 11.3 Å². The van der Waals surface area contributed by atoms with Gasteiger partial charge in [-0.1, -0.05) is 0 Å². The smallest absolute Gasteiger partial charge is 0.261 e. The highest BCUT2D eigenvalue weighted by Gasteiger charge is 2.27. The van der Waals surface area contributed by atoms with Crippen molar-refractivity contribution in [2.75, 3.05) is 0 Å². The molecule has 1 amide bonds. The molecule has 3 N–H and O–H groups in total. The fraction of sp³-hybridized carbons (Fsp3) is 0.263. The maximum Gasteiger partial charge on any atom is 0.261 e. The first-order valence-electron chi connectivity index (χ1n) is 9.09. The average Bonchev–Trinajstić information content (AvgIpc) is 3.48. The van der Waals surface area contributed by atoms with Crippen LogP contribution < -0.4 is 5.32 Å². The molecule has 0 aromatic carbocycles. The normalized spacial score (nSPS) is 19.3. The highest BCUT2D eigenvalue weighted by Crippen LogP contribution is 2.29. The summed E-state index contributed by atoms with van der Waals surface area (Å²) in [5, 5.41) is 25.9. The summed E-state index contributed by atoms with van der Waals surface area (Å²) in [6, 6.07) is 1.70. The molecule has 1 fully saturated rings. The first-order valence-corrected chi connectivity index (χ1v) is 9.97. The maximum atomic E-state index is 12.5. The number of amides is 1. The summed E-state index contributed by atoms with van der Waals surface area (Å²) in [6.07, 6.45) is 11.0. The number of fused-ring (bicyclic) bond motifs is 1. The number of hydrogen-bond donors (Lipinski definition) is 3. The van der Waals surface area contributed by atoms with E-state index in [1.54, 1.807) is 29.3 Å². The predicted octanol–water partition coefficient (Wildman–Crippen LogP) is 2.49. The van der Waals surface area contributed by atoms with Gasteiger partial charge in [0.15, 0.2) is 5.65 Å². The zero-order valence-corrected chi connectivity index (χ0v) is 15.7. The lowest BCUT2D eigenvalue weighted by Crippen LogP contribution is -2.39. The van der Waals surface area contributed by atoms with Crippen LogP contribution >= 0.6 is 11.3 Å². The van der Waals surface area contributed by atoms with Crippen LogP contribution in [-0.4, -0.2) is 48.0 Å². The van der Waals surface area contributed by atoms with Crippen molar-refractivity contribution in [1.29, 1.82) is 0 Å². The molecule has 4 aromatic rings. The lowest BCUT2D eigenvalue weighted by molar-refractivity contribution is 0.0877. The van der Waals surface area contributed by atoms with Crippen molar-refractivity contribution in [3.05, 3.63) is 47.3 Å². The Kier molecular flexibility index (Phi) is 4.18. The molecule has 4 aromatic heterocycles. The van der Waals surface area contributed by atoms with Gasteiger partial charge in [0.1, 0.15) is 0 Å². The van der Waals surface area contributed by atoms with E-state index in [0.29, 0.717) is 4.88 Å². The third-order valence-electron chi connectivity index (χ3n) is 5.12. The van der Waals surface area contributed by atoms with E-state index >= 15 is 0 Å². The second-order valence-corrected chi connectivity index (χ2v) is 7.85. The van der Waals surface area contributed by atoms with Gasteiger partial charge in [0, 0.05) is 35.3 Å². The van der Waals surface area contributed by atoms with Gasteiger partial charge < -0.3 is 10.4 Å². The zero-order valence-electron chi connectivity index (χ0n) is 14.9. The molecule has 0 radical (unpaired) electrons. The Morgan fingerprint density at radius 1 is 1.25 bits per heavy atom. The van der Waals surface area contributed by atoms with Crippen molar-refractivity contribution in [3.8, 4) is 22.3 Å². The number of carbonyl (C=O) groups is 1. The molecule has 28 heavy (non-hydrogen) atoms. The van der Waals surface area contributed by atoms with Gasteiger partial charge in [0.05, 0.1) is 29.4 Å². The van der Waals surface area contributed by atoms with Gasteiger partial charge in [0.2, 0.25) is 0 Å². The van der Waals surface area contributed by atoms with Crippen LogP contribution in [0.3, 0.4) is 0 Å². The van der Waals surface area contributed by atoms with Gasteiger partial charge in [-0.05, 0) is 36.3 Å². The molecule has 1 aliphatic rings. The molecule has 1 unspecified atom stereocenters. The molecule has 2 atom stereocenters. The molecule has 0 aliphatic heterocycles. The fourth-order valence-corrected chi connectivity index (χ4v) is 4.39. The number of aromatic nitrogens is 5. The van der Waals surface area contributed by atoms with Crippen molar-refractivity contribution in [1.82, 2.24) is 30.1 Å². The molecule has 0 spiro atoms. The maximum absolute atomic E-state index is 12.5. The largest absolute Gasteiger partial charge is 0.391 e. The summed E-state index contributed by atoms with van der Waals surface area (Å²) in [5.41, 5.74) is 4.35. The lowest BCUT2D eigenvalue weighted by atomic mass is 10.1. The molecule has 4 heterocycles. The van der Waals surface area contributed by atoms with Crippen LogP contribution in [0.15, 0.2) is 42.4 Å². The molecule has 8 nitrogen and oxygen atoms in total. The summed E-state index contributed by atoms with van der Waals surface area (Å²) in [6.45, 7) is 0. The Balaban J connectivity index is 1.41. The summed E-state index contributed by atoms with van der Waals surface area (Å²) in [4.78, 5) is 17.7. The molecular weight excluding hydrogens is 376 g/mol. The quantitative estimate of drug-likeness (QED) is 0.493. The number of aliphatic hydroxyl groups excluding tert-OH is 1. The van der Waals surface area contributed by atoms with Gasteiger partial charge in [-0.15, -0.1) is 11.3 Å². The van der Waals surface area contributed by atoms with E-state index in [4.69, 9.17) is 0 Å². The summed E-state index contributed by atoms with van der Waals surface area (Å²) in [7, 11) is 0. The van der Waals surface area contributed by atoms with E-state index in [2.05, 4.69) is 25.6 Å². The molecule has 1 saturated carbocycles. The number of aromatic amines is 1. The van der Waals surface area contributed by atoms with Crippen LogP contribution in [0.1, 0.15) is 28.9 Å². The topological polar surface area (TPSA) is 108 Å². The van der Waals surface area contributed by atoms with Crippen LogP contribution in [0.4, 0.5) is 0 Å². The van der Waals surface area contributed by atoms with E-state index < -0.39 is 6.10 Å². The summed E-state index contributed by atoms with van der Waals surface area (Å²) >= 11 is 1.38. The van der Waals surface area contributed by atoms with Gasteiger partial charge in [-0.25, -0.2) is 9.50 Å². The van der Waals surface area contributed by atoms with Gasteiger partial charge >= 0.3 is 0 Å². The van der Waals surface area contributed by atoms with Crippen molar-refractivity contribution in [2.24, 2.45) is 0 Å². The van der Waals surface area contributed by atoms with Crippen molar-refractivity contribution in [2.45, 2.75) is 31.4 Å². The van der Waals surface area contributed by atoms with Gasteiger partial charge in [-0.2, -0.15) is 10.2 Å². The van der Waals surface area contributed by atoms with Crippen molar-refractivity contribution in [3.63, 3.8) is 0 Å². The molecule has 142 valence electrons. The SMILES string of the molecule is O=C(NC1CCC[C@@H]1O)c1cc(-c2cnn3cc(-c4cn[nH]c4)cnc23)cs1. The second-order valence-electron chi connectivity index (χ2n) is 6.93. The molecular formula is C19H18N6O2S. The van der Waals surface area contributed by atoms with Gasteiger partial charge in [0.25, 0.3) is 5.91 Å². The number of aliphatic hydroxyl groups is 1. The number of thiophene rings is 1. The highest BCUT2D eigenvalue weighted by molar-refractivity contribution is 7.12. The minimum absolute atomic E-state index is 0.145. The van der Waals surface area contributed by atoms with Gasteiger partial charge in [-0.3, -0.25) is 9.89 Å². The Morgan fingerprint density at radius 2 is 2.18 bits per heavy atom. The molecule has 1 aliphatic carbocycles. The van der Waals surface area contributed by atoms with Crippen LogP contribution in [-0.2, 0) is 0 Å². The van der Waals surface area contributed by atoms with E-state index in [1.807, 2.05) is 17.6 Å². The lowest BCUT2D eigenvalue weighted by Gasteiger charge is -2.15. The number of hydrogen-bond acceptors (Lipinski definition) is 6. The summed E-state index contributed by atoms with van der Waals surface area (Å²) < 4.78 is 1.73. The third kappa shape index (κ3) is 2.98. The van der Waals surface area contributed by atoms with Crippen LogP contribution in [0.25, 0.3) is 27.9 Å². The Labute approximate surface area is 164 Å². The number of H-pyrrole nitrogens is 1. The average molecular weight is 394 g/mol. The number of nitrogens with zero attached hydrogens (tertiary/aromatic N) is 4. The van der Waals surface area contributed by atoms with E-state index in [9.17, 15) is 9.90 Å². The third-order valence-corrected chi connectivity index (χ3v) is 6.05. The Bertz CT molecular complexity index is 1130. The number of carbonyl (C=O) groups excluding carboxylic acids is 1. The highest BCUT2D eigenvalue weighted by atomic mass is 32.1. The predicted molar refractivity (Wildman–Crippen MR) is 105 cm³/mol. The van der Waals surface area contributed by atoms with E-state index in [-0.39, 0.29) is 11.9 Å². The summed E-state index contributed by atoms with van der Waals surface area (Å²) in [5.74, 6) is -0.145. The standard InChI is InChI=1S/C19H18N6O2S/c26-16-3-1-2-15(16)24-19(27)17-4-11(10-28-17)14-8-23-25-9-13(5-20-18(14)25)12-6-21-22-7-12/h4-10,15-16,26H,1-3H2,(H,21,22)(H,24,27)/t15?,16-/m0/s1. The van der Waals surface area contributed by atoms with E-state index in [0.717, 1.165) is 47.2 Å². The zero-order chi connectivity index (χ0) is 19.1.